The number of allylic oxidation sites excluding steroid dienone is 1. The van der Waals surface area contributed by atoms with Gasteiger partial charge in [-0.25, -0.2) is 24.5 Å². The first-order valence-corrected chi connectivity index (χ1v) is 13.7. The first kappa shape index (κ1) is 24.9. The standard InChI is InChI=1S/C30H27N9O2/c1-32-21(12-17-5-6-17)30(41)38-15-18-13-22(38)23(14-18)39-28-25(27(31)34-16-35-28)26(37-39)19-7-9-20(10-8-19)29(40)36-24-4-2-3-11-33-24/h2-4,7-12,16-18,22-23H,5-6,13-15H2,(H2,31,34,35)(H,33,36,40)/t18-,22-,23?/m1/s1. The number of likely N-dealkylation sites (tertiary alicyclic amines) is 1. The van der Waals surface area contributed by atoms with Crippen molar-refractivity contribution in [2.45, 2.75) is 37.8 Å². The molecule has 3 atom stereocenters. The zero-order valence-electron chi connectivity index (χ0n) is 22.1. The summed E-state index contributed by atoms with van der Waals surface area (Å²) in [7, 11) is 0. The molecule has 3 fully saturated rings. The van der Waals surface area contributed by atoms with Gasteiger partial charge in [0.1, 0.15) is 23.7 Å². The number of rotatable bonds is 6. The van der Waals surface area contributed by atoms with Gasteiger partial charge in [-0.05, 0) is 61.8 Å². The summed E-state index contributed by atoms with van der Waals surface area (Å²) in [5.41, 5.74) is 9.04. The van der Waals surface area contributed by atoms with Gasteiger partial charge in [0.05, 0.1) is 24.0 Å². The van der Waals surface area contributed by atoms with Gasteiger partial charge in [-0.3, -0.25) is 9.59 Å². The normalized spacial score (nSPS) is 21.7. The predicted molar refractivity (Wildman–Crippen MR) is 152 cm³/mol. The van der Waals surface area contributed by atoms with E-state index in [2.05, 4.69) is 25.1 Å². The Balaban J connectivity index is 1.20. The lowest BCUT2D eigenvalue weighted by Crippen LogP contribution is -2.43. The summed E-state index contributed by atoms with van der Waals surface area (Å²) in [6.07, 6.45) is 8.69. The fourth-order valence-corrected chi connectivity index (χ4v) is 6.11. The fourth-order valence-electron chi connectivity index (χ4n) is 6.11. The second kappa shape index (κ2) is 9.82. The van der Waals surface area contributed by atoms with E-state index in [1.54, 1.807) is 36.5 Å². The number of nitrogens with zero attached hydrogens (tertiary/aromatic N) is 7. The lowest BCUT2D eigenvalue weighted by Gasteiger charge is -2.33. The third-order valence-corrected chi connectivity index (χ3v) is 8.22. The quantitative estimate of drug-likeness (QED) is 0.275. The summed E-state index contributed by atoms with van der Waals surface area (Å²) in [6, 6.07) is 12.3. The molecule has 0 spiro atoms. The van der Waals surface area contributed by atoms with Crippen LogP contribution in [0.3, 0.4) is 0 Å². The molecule has 2 saturated carbocycles. The van der Waals surface area contributed by atoms with Gasteiger partial charge >= 0.3 is 0 Å². The van der Waals surface area contributed by atoms with Crippen LogP contribution in [-0.4, -0.2) is 54.0 Å². The number of piperidine rings is 1. The van der Waals surface area contributed by atoms with Gasteiger partial charge in [0.15, 0.2) is 5.65 Å². The number of anilines is 2. The summed E-state index contributed by atoms with van der Waals surface area (Å²) in [5.74, 6) is 1.02. The maximum Gasteiger partial charge on any atom is 0.256 e. The molecule has 2 bridgehead atoms. The van der Waals surface area contributed by atoms with Crippen molar-refractivity contribution in [1.82, 2.24) is 29.6 Å². The molecule has 11 nitrogen and oxygen atoms in total. The van der Waals surface area contributed by atoms with Crippen LogP contribution in [0.15, 0.2) is 66.8 Å². The molecule has 41 heavy (non-hydrogen) atoms. The van der Waals surface area contributed by atoms with Crippen LogP contribution in [0.2, 0.25) is 0 Å². The van der Waals surface area contributed by atoms with Gasteiger partial charge in [-0.2, -0.15) is 5.10 Å². The van der Waals surface area contributed by atoms with E-state index < -0.39 is 0 Å². The molecule has 2 amide bonds. The maximum absolute atomic E-state index is 13.4. The van der Waals surface area contributed by atoms with E-state index >= 15 is 0 Å². The highest BCUT2D eigenvalue weighted by atomic mass is 16.2. The first-order chi connectivity index (χ1) is 20.0. The topological polar surface area (TPSA) is 136 Å². The van der Waals surface area contributed by atoms with Crippen LogP contribution in [0.4, 0.5) is 11.6 Å². The van der Waals surface area contributed by atoms with E-state index in [-0.39, 0.29) is 29.6 Å². The Morgan fingerprint density at radius 2 is 1.85 bits per heavy atom. The Morgan fingerprint density at radius 1 is 1.05 bits per heavy atom. The Labute approximate surface area is 235 Å². The van der Waals surface area contributed by atoms with Crippen LogP contribution < -0.4 is 11.1 Å². The van der Waals surface area contributed by atoms with E-state index in [1.165, 1.54) is 6.33 Å². The molecule has 1 saturated heterocycles. The molecule has 2 aliphatic carbocycles. The van der Waals surface area contributed by atoms with E-state index in [0.29, 0.717) is 52.3 Å². The molecular weight excluding hydrogens is 518 g/mol. The van der Waals surface area contributed by atoms with Crippen molar-refractivity contribution in [2.75, 3.05) is 17.6 Å². The van der Waals surface area contributed by atoms with Crippen LogP contribution in [0, 0.1) is 18.4 Å². The Bertz CT molecular complexity index is 1740. The largest absolute Gasteiger partial charge is 0.383 e. The monoisotopic (exact) mass is 545 g/mol. The van der Waals surface area contributed by atoms with Crippen molar-refractivity contribution in [3.05, 3.63) is 83.7 Å². The molecule has 4 aromatic rings. The Hall–Kier alpha value is -5.11. The number of nitrogens with two attached hydrogens (primary N) is 1. The van der Waals surface area contributed by atoms with Gasteiger partial charge < -0.3 is 16.0 Å². The molecule has 7 rings (SSSR count). The third kappa shape index (κ3) is 4.47. The second-order valence-electron chi connectivity index (χ2n) is 10.9. The van der Waals surface area contributed by atoms with Gasteiger partial charge in [0.25, 0.3) is 11.8 Å². The molecule has 11 heteroatoms. The number of nitrogens with one attached hydrogen (secondary N) is 1. The van der Waals surface area contributed by atoms with Crippen LogP contribution in [0.1, 0.15) is 42.1 Å². The second-order valence-corrected chi connectivity index (χ2v) is 10.9. The van der Waals surface area contributed by atoms with Gasteiger partial charge in [-0.1, -0.05) is 24.3 Å². The van der Waals surface area contributed by atoms with E-state index in [1.807, 2.05) is 27.8 Å². The highest BCUT2D eigenvalue weighted by Gasteiger charge is 2.49. The molecule has 3 aromatic heterocycles. The molecule has 3 aliphatic rings. The maximum atomic E-state index is 13.4. The van der Waals surface area contributed by atoms with Crippen molar-refractivity contribution in [3.8, 4) is 11.3 Å². The summed E-state index contributed by atoms with van der Waals surface area (Å²) in [6.45, 7) is 8.24. The van der Waals surface area contributed by atoms with Crippen molar-refractivity contribution >= 4 is 34.5 Å². The lowest BCUT2D eigenvalue weighted by molar-refractivity contribution is -0.129. The molecule has 1 aromatic carbocycles. The SMILES string of the molecule is [C-]#[N+]C(=CC1CC1)C(=O)N1C[C@H]2CC(n3nc(-c4ccc(C(=O)Nc5ccccn5)cc4)c4c(N)ncnc43)[C@H]1C2. The molecule has 204 valence electrons. The highest BCUT2D eigenvalue weighted by Crippen LogP contribution is 2.47. The molecule has 0 radical (unpaired) electrons. The number of carbonyl (C=O) groups excluding carboxylic acids is 2. The van der Waals surface area contributed by atoms with E-state index in [0.717, 1.165) is 31.2 Å². The third-order valence-electron chi connectivity index (χ3n) is 8.22. The Kier molecular flexibility index (Phi) is 5.96. The minimum atomic E-state index is -0.269. The van der Waals surface area contributed by atoms with E-state index in [9.17, 15) is 9.59 Å². The number of fused-ring (bicyclic) bond motifs is 3. The van der Waals surface area contributed by atoms with Crippen LogP contribution in [0.25, 0.3) is 27.1 Å². The number of hydrogen-bond acceptors (Lipinski definition) is 7. The summed E-state index contributed by atoms with van der Waals surface area (Å²) < 4.78 is 1.89. The fraction of sp³-hybridized carbons (Fsp3) is 0.300. The predicted octanol–water partition coefficient (Wildman–Crippen LogP) is 4.10. The van der Waals surface area contributed by atoms with Gasteiger partial charge in [-0.15, -0.1) is 0 Å². The molecule has 1 aliphatic heterocycles. The summed E-state index contributed by atoms with van der Waals surface area (Å²) in [4.78, 5) is 44.5. The average molecular weight is 546 g/mol. The van der Waals surface area contributed by atoms with Crippen LogP contribution >= 0.6 is 0 Å². The van der Waals surface area contributed by atoms with Crippen molar-refractivity contribution in [1.29, 1.82) is 0 Å². The molecular formula is C30H27N9O2. The number of carbonyl (C=O) groups is 2. The number of aromatic nitrogens is 5. The van der Waals surface area contributed by atoms with Crippen LogP contribution in [0.5, 0.6) is 0 Å². The Morgan fingerprint density at radius 3 is 2.56 bits per heavy atom. The zero-order valence-corrected chi connectivity index (χ0v) is 22.1. The highest BCUT2D eigenvalue weighted by molar-refractivity contribution is 6.04. The van der Waals surface area contributed by atoms with E-state index in [4.69, 9.17) is 17.4 Å². The molecule has 4 heterocycles. The summed E-state index contributed by atoms with van der Waals surface area (Å²) in [5, 5.41) is 8.41. The smallest absolute Gasteiger partial charge is 0.256 e. The minimum absolute atomic E-state index is 0.0818. The van der Waals surface area contributed by atoms with Crippen molar-refractivity contribution in [3.63, 3.8) is 0 Å². The number of nitrogen functional groups attached to an aromatic ring is 1. The van der Waals surface area contributed by atoms with Crippen LogP contribution in [-0.2, 0) is 4.79 Å². The average Bonchev–Trinajstić information content (AvgIpc) is 3.39. The number of pyridine rings is 1. The van der Waals surface area contributed by atoms with Crippen molar-refractivity contribution < 1.29 is 9.59 Å². The summed E-state index contributed by atoms with van der Waals surface area (Å²) >= 11 is 0. The number of amides is 2. The minimum Gasteiger partial charge on any atom is -0.383 e. The van der Waals surface area contributed by atoms with Gasteiger partial charge in [0.2, 0.25) is 5.70 Å². The molecule has 1 unspecified atom stereocenters. The van der Waals surface area contributed by atoms with Gasteiger partial charge in [0, 0.05) is 23.9 Å². The lowest BCUT2D eigenvalue weighted by atomic mass is 10.0. The zero-order chi connectivity index (χ0) is 28.1. The number of benzene rings is 1. The number of hydrogen-bond donors (Lipinski definition) is 2. The molecule has 3 N–H and O–H groups in total. The first-order valence-electron chi connectivity index (χ1n) is 13.7. The van der Waals surface area contributed by atoms with Crippen molar-refractivity contribution in [2.24, 2.45) is 11.8 Å².